The van der Waals surface area contributed by atoms with Gasteiger partial charge < -0.3 is 10.1 Å². The van der Waals surface area contributed by atoms with Crippen molar-refractivity contribution < 1.29 is 9.53 Å². The highest BCUT2D eigenvalue weighted by Gasteiger charge is 2.02. The Balaban J connectivity index is 2.14. The molecule has 0 saturated carbocycles. The van der Waals surface area contributed by atoms with Crippen molar-refractivity contribution in [2.24, 2.45) is 0 Å². The lowest BCUT2D eigenvalue weighted by Crippen LogP contribution is -2.22. The summed E-state index contributed by atoms with van der Waals surface area (Å²) in [5.74, 6) is -0.0395. The van der Waals surface area contributed by atoms with Crippen LogP contribution < -0.4 is 5.32 Å². The summed E-state index contributed by atoms with van der Waals surface area (Å²) in [5.41, 5.74) is 0. The van der Waals surface area contributed by atoms with Crippen molar-refractivity contribution in [1.82, 2.24) is 5.32 Å². The highest BCUT2D eigenvalue weighted by molar-refractivity contribution is 5.69. The van der Waals surface area contributed by atoms with Crippen molar-refractivity contribution in [2.75, 3.05) is 19.7 Å². The number of cyclic esters (lactones) is 1. The second-order valence-electron chi connectivity index (χ2n) is 3.49. The molecule has 0 aromatic rings. The minimum absolute atomic E-state index is 0.0395. The van der Waals surface area contributed by atoms with Crippen LogP contribution >= 0.6 is 0 Å². The minimum Gasteiger partial charge on any atom is -0.464 e. The molecule has 1 rings (SSSR count). The molecule has 13 heavy (non-hydrogen) atoms. The summed E-state index contributed by atoms with van der Waals surface area (Å²) >= 11 is 0. The van der Waals surface area contributed by atoms with Gasteiger partial charge in [-0.1, -0.05) is 19.3 Å². The number of esters is 1. The van der Waals surface area contributed by atoms with E-state index in [1.807, 2.05) is 0 Å². The third kappa shape index (κ3) is 5.64. The Morgan fingerprint density at radius 3 is 2.69 bits per heavy atom. The summed E-state index contributed by atoms with van der Waals surface area (Å²) in [6, 6.07) is 0. The van der Waals surface area contributed by atoms with Gasteiger partial charge in [0.05, 0.1) is 0 Å². The van der Waals surface area contributed by atoms with Crippen molar-refractivity contribution >= 4 is 5.97 Å². The van der Waals surface area contributed by atoms with Gasteiger partial charge in [0.2, 0.25) is 0 Å². The van der Waals surface area contributed by atoms with Crippen LogP contribution in [-0.4, -0.2) is 25.7 Å². The average molecular weight is 185 g/mol. The molecule has 0 atom stereocenters. The van der Waals surface area contributed by atoms with Gasteiger partial charge >= 0.3 is 5.97 Å². The molecule has 1 aliphatic heterocycles. The van der Waals surface area contributed by atoms with Crippen molar-refractivity contribution in [1.29, 1.82) is 0 Å². The van der Waals surface area contributed by atoms with Crippen LogP contribution in [0.15, 0.2) is 0 Å². The zero-order chi connectivity index (χ0) is 9.36. The van der Waals surface area contributed by atoms with Gasteiger partial charge in [0.25, 0.3) is 0 Å². The number of hydrogen-bond donors (Lipinski definition) is 1. The van der Waals surface area contributed by atoms with Crippen molar-refractivity contribution in [2.45, 2.75) is 38.5 Å². The molecule has 0 radical (unpaired) electrons. The maximum Gasteiger partial charge on any atom is 0.305 e. The molecule has 76 valence electrons. The fourth-order valence-electron chi connectivity index (χ4n) is 1.48. The Bertz CT molecular complexity index is 134. The number of hydrogen-bond acceptors (Lipinski definition) is 3. The van der Waals surface area contributed by atoms with Gasteiger partial charge in [-0.05, 0) is 19.4 Å². The predicted octanol–water partition coefficient (Wildman–Crippen LogP) is 1.47. The first-order chi connectivity index (χ1) is 6.39. The smallest absolute Gasteiger partial charge is 0.305 e. The number of carbonyl (C=O) groups is 1. The summed E-state index contributed by atoms with van der Waals surface area (Å²) in [6.07, 6.45) is 6.52. The van der Waals surface area contributed by atoms with E-state index in [0.29, 0.717) is 13.0 Å². The lowest BCUT2D eigenvalue weighted by molar-refractivity contribution is -0.143. The van der Waals surface area contributed by atoms with Crippen molar-refractivity contribution in [3.8, 4) is 0 Å². The van der Waals surface area contributed by atoms with Crippen LogP contribution in [0, 0.1) is 0 Å². The Hall–Kier alpha value is -0.570. The fourth-order valence-corrected chi connectivity index (χ4v) is 1.48. The molecule has 1 N–H and O–H groups in total. The molecule has 1 fully saturated rings. The zero-order valence-electron chi connectivity index (χ0n) is 8.18. The first-order valence-corrected chi connectivity index (χ1v) is 5.26. The van der Waals surface area contributed by atoms with E-state index < -0.39 is 0 Å². The van der Waals surface area contributed by atoms with Crippen LogP contribution in [-0.2, 0) is 9.53 Å². The molecule has 0 unspecified atom stereocenters. The molecule has 0 aliphatic carbocycles. The van der Waals surface area contributed by atoms with Gasteiger partial charge in [-0.2, -0.15) is 0 Å². The highest BCUT2D eigenvalue weighted by atomic mass is 16.5. The second kappa shape index (κ2) is 6.89. The second-order valence-corrected chi connectivity index (χ2v) is 3.49. The Morgan fingerprint density at radius 2 is 1.77 bits per heavy atom. The van der Waals surface area contributed by atoms with Crippen LogP contribution in [0.2, 0.25) is 0 Å². The lowest BCUT2D eigenvalue weighted by atomic mass is 10.1. The molecule has 0 aromatic carbocycles. The van der Waals surface area contributed by atoms with E-state index in [0.717, 1.165) is 25.9 Å². The fraction of sp³-hybridized carbons (Fsp3) is 0.900. The molecule has 0 aromatic heterocycles. The van der Waals surface area contributed by atoms with E-state index >= 15 is 0 Å². The first kappa shape index (κ1) is 10.5. The van der Waals surface area contributed by atoms with E-state index in [1.165, 1.54) is 19.3 Å². The first-order valence-electron chi connectivity index (χ1n) is 5.26. The summed E-state index contributed by atoms with van der Waals surface area (Å²) in [5, 5.41) is 3.25. The average Bonchev–Trinajstić information content (AvgIpc) is 2.11. The third-order valence-corrected chi connectivity index (χ3v) is 2.28. The van der Waals surface area contributed by atoms with E-state index in [-0.39, 0.29) is 5.97 Å². The monoisotopic (exact) mass is 185 g/mol. The molecule has 1 heterocycles. The van der Waals surface area contributed by atoms with Crippen molar-refractivity contribution in [3.63, 3.8) is 0 Å². The quantitative estimate of drug-likeness (QED) is 0.581. The Kier molecular flexibility index (Phi) is 5.57. The lowest BCUT2D eigenvalue weighted by Gasteiger charge is -2.08. The summed E-state index contributed by atoms with van der Waals surface area (Å²) in [4.78, 5) is 11.0. The largest absolute Gasteiger partial charge is 0.464 e. The topological polar surface area (TPSA) is 38.3 Å². The summed E-state index contributed by atoms with van der Waals surface area (Å²) in [7, 11) is 0. The number of nitrogens with one attached hydrogen (secondary N) is 1. The van der Waals surface area contributed by atoms with Gasteiger partial charge in [-0.15, -0.1) is 0 Å². The van der Waals surface area contributed by atoms with Crippen LogP contribution in [0.4, 0.5) is 0 Å². The SMILES string of the molecule is O=C1CCCCCCCNCCO1. The Labute approximate surface area is 79.8 Å². The minimum atomic E-state index is -0.0395. The molecular weight excluding hydrogens is 166 g/mol. The molecule has 0 bridgehead atoms. The Morgan fingerprint density at radius 1 is 1.00 bits per heavy atom. The molecule has 3 nitrogen and oxygen atoms in total. The van der Waals surface area contributed by atoms with Crippen LogP contribution in [0.5, 0.6) is 0 Å². The standard InChI is InChI=1S/C10H19NO2/c12-10-6-4-2-1-3-5-7-11-8-9-13-10/h11H,1-9H2. The summed E-state index contributed by atoms with van der Waals surface area (Å²) < 4.78 is 5.01. The van der Waals surface area contributed by atoms with E-state index in [1.54, 1.807) is 0 Å². The van der Waals surface area contributed by atoms with Gasteiger partial charge in [0.1, 0.15) is 6.61 Å². The number of carbonyl (C=O) groups excluding carboxylic acids is 1. The molecule has 3 heteroatoms. The van der Waals surface area contributed by atoms with E-state index in [9.17, 15) is 4.79 Å². The van der Waals surface area contributed by atoms with Gasteiger partial charge in [0, 0.05) is 13.0 Å². The summed E-state index contributed by atoms with van der Waals surface area (Å²) in [6.45, 7) is 2.38. The third-order valence-electron chi connectivity index (χ3n) is 2.28. The van der Waals surface area contributed by atoms with Crippen LogP contribution in [0.1, 0.15) is 38.5 Å². The molecule has 0 amide bonds. The van der Waals surface area contributed by atoms with E-state index in [2.05, 4.69) is 5.32 Å². The van der Waals surface area contributed by atoms with Gasteiger partial charge in [0.15, 0.2) is 0 Å². The number of rotatable bonds is 0. The molecule has 0 spiro atoms. The molecule has 1 aliphatic rings. The molecule has 1 saturated heterocycles. The maximum absolute atomic E-state index is 11.0. The molecular formula is C10H19NO2. The maximum atomic E-state index is 11.0. The van der Waals surface area contributed by atoms with E-state index in [4.69, 9.17) is 4.74 Å². The number of ether oxygens (including phenoxy) is 1. The zero-order valence-corrected chi connectivity index (χ0v) is 8.18. The van der Waals surface area contributed by atoms with Gasteiger partial charge in [-0.3, -0.25) is 4.79 Å². The van der Waals surface area contributed by atoms with Gasteiger partial charge in [-0.25, -0.2) is 0 Å². The predicted molar refractivity (Wildman–Crippen MR) is 51.5 cm³/mol. The van der Waals surface area contributed by atoms with Crippen LogP contribution in [0.25, 0.3) is 0 Å². The normalized spacial score (nSPS) is 22.6. The highest BCUT2D eigenvalue weighted by Crippen LogP contribution is 2.06. The van der Waals surface area contributed by atoms with Crippen LogP contribution in [0.3, 0.4) is 0 Å². The van der Waals surface area contributed by atoms with Crippen molar-refractivity contribution in [3.05, 3.63) is 0 Å².